The van der Waals surface area contributed by atoms with Gasteiger partial charge in [-0.1, -0.05) is 31.0 Å². The summed E-state index contributed by atoms with van der Waals surface area (Å²) in [5.74, 6) is 0.990. The summed E-state index contributed by atoms with van der Waals surface area (Å²) in [6.45, 7) is 3.25. The van der Waals surface area contributed by atoms with Gasteiger partial charge < -0.3 is 5.32 Å². The van der Waals surface area contributed by atoms with Crippen LogP contribution in [0.3, 0.4) is 0 Å². The summed E-state index contributed by atoms with van der Waals surface area (Å²) in [6.07, 6.45) is 8.01. The molecule has 0 amide bonds. The molecular weight excluding hydrogens is 220 g/mol. The Morgan fingerprint density at radius 2 is 2.22 bits per heavy atom. The van der Waals surface area contributed by atoms with Crippen molar-refractivity contribution in [3.05, 3.63) is 42.2 Å². The molecule has 1 N–H and O–H groups in total. The monoisotopic (exact) mass is 240 g/mol. The van der Waals surface area contributed by atoms with Crippen LogP contribution in [0.1, 0.15) is 31.7 Å². The third-order valence-corrected chi connectivity index (χ3v) is 3.80. The van der Waals surface area contributed by atoms with E-state index in [1.54, 1.807) is 0 Å². The van der Waals surface area contributed by atoms with Gasteiger partial charge in [-0.15, -0.1) is 0 Å². The fourth-order valence-electron chi connectivity index (χ4n) is 2.56. The second-order valence-corrected chi connectivity index (χ2v) is 5.47. The largest absolute Gasteiger partial charge is 0.310 e. The minimum Gasteiger partial charge on any atom is -0.310 e. The van der Waals surface area contributed by atoms with Crippen molar-refractivity contribution in [1.29, 1.82) is 0 Å². The van der Waals surface area contributed by atoms with E-state index in [1.165, 1.54) is 35.6 Å². The SMILES string of the molecule is CC(CC1CC1)NCc1cccc2cnccc12. The molecule has 1 aliphatic carbocycles. The highest BCUT2D eigenvalue weighted by Crippen LogP contribution is 2.33. The van der Waals surface area contributed by atoms with Crippen LogP contribution in [0.2, 0.25) is 0 Å². The predicted molar refractivity (Wildman–Crippen MR) is 75.4 cm³/mol. The Balaban J connectivity index is 1.69. The molecule has 0 bridgehead atoms. The van der Waals surface area contributed by atoms with E-state index in [-0.39, 0.29) is 0 Å². The van der Waals surface area contributed by atoms with Crippen molar-refractivity contribution < 1.29 is 0 Å². The predicted octanol–water partition coefficient (Wildman–Crippen LogP) is 3.51. The van der Waals surface area contributed by atoms with Gasteiger partial charge in [0.1, 0.15) is 0 Å². The zero-order chi connectivity index (χ0) is 12.4. The minimum absolute atomic E-state index is 0.620. The topological polar surface area (TPSA) is 24.9 Å². The fourth-order valence-corrected chi connectivity index (χ4v) is 2.56. The van der Waals surface area contributed by atoms with Gasteiger partial charge in [-0.05, 0) is 36.3 Å². The lowest BCUT2D eigenvalue weighted by molar-refractivity contribution is 0.488. The van der Waals surface area contributed by atoms with Gasteiger partial charge in [0.2, 0.25) is 0 Å². The van der Waals surface area contributed by atoms with E-state index in [0.29, 0.717) is 6.04 Å². The Kier molecular flexibility index (Phi) is 3.28. The third kappa shape index (κ3) is 2.70. The summed E-state index contributed by atoms with van der Waals surface area (Å²) in [6, 6.07) is 9.18. The van der Waals surface area contributed by atoms with Crippen molar-refractivity contribution in [1.82, 2.24) is 10.3 Å². The Bertz CT molecular complexity index is 526. The van der Waals surface area contributed by atoms with Crippen LogP contribution in [0.4, 0.5) is 0 Å². The number of nitrogens with zero attached hydrogens (tertiary/aromatic N) is 1. The maximum atomic E-state index is 4.18. The number of fused-ring (bicyclic) bond motifs is 1. The molecule has 1 atom stereocenters. The van der Waals surface area contributed by atoms with Crippen molar-refractivity contribution in [3.63, 3.8) is 0 Å². The van der Waals surface area contributed by atoms with Gasteiger partial charge in [-0.25, -0.2) is 0 Å². The van der Waals surface area contributed by atoms with Crippen LogP contribution in [0.25, 0.3) is 10.8 Å². The number of benzene rings is 1. The lowest BCUT2D eigenvalue weighted by Crippen LogP contribution is -2.25. The van der Waals surface area contributed by atoms with Crippen LogP contribution in [0.15, 0.2) is 36.7 Å². The molecule has 94 valence electrons. The maximum absolute atomic E-state index is 4.18. The highest BCUT2D eigenvalue weighted by atomic mass is 14.9. The van der Waals surface area contributed by atoms with Gasteiger partial charge in [-0.2, -0.15) is 0 Å². The first-order valence-electron chi connectivity index (χ1n) is 6.88. The average Bonchev–Trinajstić information content (AvgIpc) is 3.20. The molecule has 0 aliphatic heterocycles. The molecule has 0 spiro atoms. The lowest BCUT2D eigenvalue weighted by Gasteiger charge is -2.14. The molecule has 2 nitrogen and oxygen atoms in total. The number of hydrogen-bond acceptors (Lipinski definition) is 2. The summed E-state index contributed by atoms with van der Waals surface area (Å²) >= 11 is 0. The molecule has 1 unspecified atom stereocenters. The summed E-state index contributed by atoms with van der Waals surface area (Å²) < 4.78 is 0. The van der Waals surface area contributed by atoms with Gasteiger partial charge in [0.15, 0.2) is 0 Å². The first-order valence-corrected chi connectivity index (χ1v) is 6.88. The van der Waals surface area contributed by atoms with E-state index < -0.39 is 0 Å². The summed E-state index contributed by atoms with van der Waals surface area (Å²) in [4.78, 5) is 4.18. The quantitative estimate of drug-likeness (QED) is 0.865. The van der Waals surface area contributed by atoms with E-state index in [4.69, 9.17) is 0 Å². The summed E-state index contributed by atoms with van der Waals surface area (Å²) in [5.41, 5.74) is 1.37. The van der Waals surface area contributed by atoms with E-state index in [9.17, 15) is 0 Å². The lowest BCUT2D eigenvalue weighted by atomic mass is 10.1. The van der Waals surface area contributed by atoms with E-state index in [0.717, 1.165) is 12.5 Å². The molecule has 2 aromatic rings. The van der Waals surface area contributed by atoms with Crippen LogP contribution in [-0.2, 0) is 6.54 Å². The normalized spacial score (nSPS) is 16.9. The van der Waals surface area contributed by atoms with Crippen molar-refractivity contribution in [3.8, 4) is 0 Å². The average molecular weight is 240 g/mol. The smallest absolute Gasteiger partial charge is 0.0346 e. The van der Waals surface area contributed by atoms with Gasteiger partial charge in [0.05, 0.1) is 0 Å². The molecular formula is C16H20N2. The molecule has 3 rings (SSSR count). The Morgan fingerprint density at radius 3 is 3.06 bits per heavy atom. The number of pyridine rings is 1. The van der Waals surface area contributed by atoms with Gasteiger partial charge >= 0.3 is 0 Å². The molecule has 1 aliphatic rings. The number of hydrogen-bond donors (Lipinski definition) is 1. The standard InChI is InChI=1S/C16H20N2/c1-12(9-13-5-6-13)18-11-15-4-2-3-14-10-17-8-7-16(14)15/h2-4,7-8,10,12-13,18H,5-6,9,11H2,1H3. The van der Waals surface area contributed by atoms with Gasteiger partial charge in [0.25, 0.3) is 0 Å². The fraction of sp³-hybridized carbons (Fsp3) is 0.438. The van der Waals surface area contributed by atoms with Crippen molar-refractivity contribution in [2.45, 2.75) is 38.8 Å². The summed E-state index contributed by atoms with van der Waals surface area (Å²) in [7, 11) is 0. The van der Waals surface area contributed by atoms with Gasteiger partial charge in [-0.3, -0.25) is 4.98 Å². The highest BCUT2D eigenvalue weighted by molar-refractivity contribution is 5.84. The van der Waals surface area contributed by atoms with Crippen LogP contribution < -0.4 is 5.32 Å². The molecule has 1 heterocycles. The third-order valence-electron chi connectivity index (χ3n) is 3.80. The molecule has 1 fully saturated rings. The van der Waals surface area contributed by atoms with E-state index >= 15 is 0 Å². The van der Waals surface area contributed by atoms with Crippen molar-refractivity contribution >= 4 is 10.8 Å². The Hall–Kier alpha value is -1.41. The zero-order valence-electron chi connectivity index (χ0n) is 10.9. The second-order valence-electron chi connectivity index (χ2n) is 5.47. The first kappa shape index (κ1) is 11.7. The Morgan fingerprint density at radius 1 is 1.33 bits per heavy atom. The first-order chi connectivity index (χ1) is 8.83. The molecule has 1 aromatic heterocycles. The second kappa shape index (κ2) is 5.07. The van der Waals surface area contributed by atoms with Gasteiger partial charge in [0, 0.05) is 30.4 Å². The maximum Gasteiger partial charge on any atom is 0.0346 e. The molecule has 1 saturated carbocycles. The van der Waals surface area contributed by atoms with Crippen molar-refractivity contribution in [2.24, 2.45) is 5.92 Å². The van der Waals surface area contributed by atoms with Crippen molar-refractivity contribution in [2.75, 3.05) is 0 Å². The number of nitrogens with one attached hydrogen (secondary N) is 1. The van der Waals surface area contributed by atoms with E-state index in [2.05, 4.69) is 41.5 Å². The number of rotatable bonds is 5. The van der Waals surface area contributed by atoms with E-state index in [1.807, 2.05) is 12.4 Å². The molecule has 0 saturated heterocycles. The van der Waals surface area contributed by atoms with Crippen LogP contribution in [0, 0.1) is 5.92 Å². The zero-order valence-corrected chi connectivity index (χ0v) is 10.9. The summed E-state index contributed by atoms with van der Waals surface area (Å²) in [5, 5.41) is 6.19. The molecule has 2 heteroatoms. The number of aromatic nitrogens is 1. The highest BCUT2D eigenvalue weighted by Gasteiger charge is 2.23. The molecule has 18 heavy (non-hydrogen) atoms. The molecule has 1 aromatic carbocycles. The van der Waals surface area contributed by atoms with Crippen LogP contribution in [-0.4, -0.2) is 11.0 Å². The minimum atomic E-state index is 0.620. The van der Waals surface area contributed by atoms with Crippen LogP contribution >= 0.6 is 0 Å². The van der Waals surface area contributed by atoms with Crippen LogP contribution in [0.5, 0.6) is 0 Å². The Labute approximate surface area is 108 Å². The molecule has 0 radical (unpaired) electrons.